The number of rotatable bonds is 10. The number of anilines is 1. The van der Waals surface area contributed by atoms with Gasteiger partial charge < -0.3 is 29.0 Å². The Hall–Kier alpha value is -3.37. The topological polar surface area (TPSA) is 116 Å². The smallest absolute Gasteiger partial charge is 0.408 e. The number of benzene rings is 1. The van der Waals surface area contributed by atoms with Gasteiger partial charge in [0.1, 0.15) is 17.2 Å². The lowest BCUT2D eigenvalue weighted by Crippen LogP contribution is -2.38. The van der Waals surface area contributed by atoms with Crippen molar-refractivity contribution in [3.8, 4) is 5.75 Å². The lowest BCUT2D eigenvalue weighted by Gasteiger charge is -2.33. The number of methoxy groups -OCH3 is 1. The summed E-state index contributed by atoms with van der Waals surface area (Å²) in [6.45, 7) is 13.5. The summed E-state index contributed by atoms with van der Waals surface area (Å²) >= 11 is 0. The molecule has 3 rings (SSSR count). The van der Waals surface area contributed by atoms with Crippen LogP contribution in [0.25, 0.3) is 0 Å². The Labute approximate surface area is 229 Å². The first kappa shape index (κ1) is 30.2. The largest absolute Gasteiger partial charge is 0.493 e. The fourth-order valence-corrected chi connectivity index (χ4v) is 4.49. The van der Waals surface area contributed by atoms with E-state index in [4.69, 9.17) is 18.7 Å². The molecule has 1 amide bonds. The predicted octanol–water partition coefficient (Wildman–Crippen LogP) is 5.39. The molecule has 0 spiro atoms. The third-order valence-electron chi connectivity index (χ3n) is 6.79. The molecule has 2 atom stereocenters. The molecule has 0 radical (unpaired) electrons. The Balaban J connectivity index is 1.50. The monoisotopic (exact) mass is 548 g/mol. The fraction of sp³-hybridized carbons (Fsp3) is 0.643. The number of esters is 1. The zero-order chi connectivity index (χ0) is 28.7. The summed E-state index contributed by atoms with van der Waals surface area (Å²) in [6, 6.07) is 3.43. The molecule has 1 aromatic carbocycles. The molecule has 1 aromatic heterocycles. The summed E-state index contributed by atoms with van der Waals surface area (Å²) in [5, 5.41) is 6.44. The number of aromatic nitrogens is 2. The van der Waals surface area contributed by atoms with Crippen molar-refractivity contribution < 1.29 is 32.7 Å². The number of nitrogens with one attached hydrogen (secondary N) is 1. The van der Waals surface area contributed by atoms with E-state index in [-0.39, 0.29) is 11.5 Å². The zero-order valence-corrected chi connectivity index (χ0v) is 24.0. The maximum Gasteiger partial charge on any atom is 0.408 e. The summed E-state index contributed by atoms with van der Waals surface area (Å²) in [5.41, 5.74) is -0.817. The number of ether oxygens (including phenoxy) is 3. The summed E-state index contributed by atoms with van der Waals surface area (Å²) in [7, 11) is 1.17. The number of alkyl carbamates (subject to hydrolysis) is 1. The van der Waals surface area contributed by atoms with Crippen LogP contribution in [0.4, 0.5) is 15.2 Å². The minimum absolute atomic E-state index is 0.0399. The maximum atomic E-state index is 15.0. The van der Waals surface area contributed by atoms with Gasteiger partial charge in [0.15, 0.2) is 11.9 Å². The summed E-state index contributed by atoms with van der Waals surface area (Å²) in [5.74, 6) is 0.753. The average Bonchev–Trinajstić information content (AvgIpc) is 3.37. The number of hydrogen-bond acceptors (Lipinski definition) is 9. The quantitative estimate of drug-likeness (QED) is 0.390. The Bertz CT molecular complexity index is 1110. The number of carbonyl (C=O) groups excluding carboxylic acids is 2. The van der Waals surface area contributed by atoms with Gasteiger partial charge >= 0.3 is 18.1 Å². The molecule has 1 saturated heterocycles. The Morgan fingerprint density at radius 3 is 2.46 bits per heavy atom. The lowest BCUT2D eigenvalue weighted by molar-refractivity contribution is -0.143. The van der Waals surface area contributed by atoms with Crippen LogP contribution in [-0.2, 0) is 14.3 Å². The van der Waals surface area contributed by atoms with Gasteiger partial charge in [0.05, 0.1) is 13.7 Å². The molecular weight excluding hydrogens is 507 g/mol. The Morgan fingerprint density at radius 2 is 1.90 bits per heavy atom. The molecule has 1 aliphatic rings. The molecule has 1 unspecified atom stereocenters. The van der Waals surface area contributed by atoms with Crippen LogP contribution < -0.4 is 15.0 Å². The van der Waals surface area contributed by atoms with Gasteiger partial charge in [-0.15, -0.1) is 0 Å². The number of carbonyl (C=O) groups is 2. The Kier molecular flexibility index (Phi) is 10.2. The molecule has 0 bridgehead atoms. The highest BCUT2D eigenvalue weighted by Gasteiger charge is 2.30. The van der Waals surface area contributed by atoms with Crippen LogP contribution in [0.3, 0.4) is 0 Å². The highest BCUT2D eigenvalue weighted by atomic mass is 19.1. The normalized spacial score (nSPS) is 16.1. The highest BCUT2D eigenvalue weighted by molar-refractivity contribution is 5.82. The van der Waals surface area contributed by atoms with Crippen molar-refractivity contribution in [2.75, 3.05) is 31.7 Å². The number of amides is 1. The van der Waals surface area contributed by atoms with Crippen LogP contribution in [0.15, 0.2) is 22.7 Å². The predicted molar refractivity (Wildman–Crippen MR) is 143 cm³/mol. The van der Waals surface area contributed by atoms with Gasteiger partial charge in [-0.25, -0.2) is 14.0 Å². The van der Waals surface area contributed by atoms with Crippen molar-refractivity contribution in [1.29, 1.82) is 0 Å². The SMILES string of the molecule is COC(=O)C(NC(=O)OC(C)(C)C)c1ccc(OCC[C@@H](C)C2CCN(c3nc(C(C)C)no3)CC2)cc1F. The molecule has 1 N–H and O–H groups in total. The molecular formula is C28H41FN4O6. The second-order valence-corrected chi connectivity index (χ2v) is 11.3. The third-order valence-corrected chi connectivity index (χ3v) is 6.79. The molecule has 11 heteroatoms. The van der Waals surface area contributed by atoms with Gasteiger partial charge in [0.25, 0.3) is 0 Å². The van der Waals surface area contributed by atoms with Gasteiger partial charge in [-0.2, -0.15) is 4.98 Å². The second-order valence-electron chi connectivity index (χ2n) is 11.3. The number of halogens is 1. The molecule has 10 nitrogen and oxygen atoms in total. The van der Waals surface area contributed by atoms with Crippen LogP contribution in [0, 0.1) is 17.7 Å². The van der Waals surface area contributed by atoms with Crippen molar-refractivity contribution >= 4 is 18.1 Å². The van der Waals surface area contributed by atoms with Crippen molar-refractivity contribution in [1.82, 2.24) is 15.5 Å². The van der Waals surface area contributed by atoms with Crippen LogP contribution in [0.1, 0.15) is 84.2 Å². The van der Waals surface area contributed by atoms with Crippen molar-refractivity contribution in [2.24, 2.45) is 11.8 Å². The van der Waals surface area contributed by atoms with Crippen molar-refractivity contribution in [2.45, 2.75) is 78.4 Å². The van der Waals surface area contributed by atoms with Gasteiger partial charge in [0.2, 0.25) is 0 Å². The van der Waals surface area contributed by atoms with E-state index < -0.39 is 29.5 Å². The van der Waals surface area contributed by atoms with Crippen LogP contribution in [0.5, 0.6) is 5.75 Å². The van der Waals surface area contributed by atoms with Crippen molar-refractivity contribution in [3.05, 3.63) is 35.4 Å². The first-order chi connectivity index (χ1) is 18.4. The van der Waals surface area contributed by atoms with Crippen molar-refractivity contribution in [3.63, 3.8) is 0 Å². The number of nitrogens with zero attached hydrogens (tertiary/aromatic N) is 3. The van der Waals surface area contributed by atoms with Crippen LogP contribution in [0.2, 0.25) is 0 Å². The van der Waals surface area contributed by atoms with Gasteiger partial charge in [-0.05, 0) is 64.0 Å². The van der Waals surface area contributed by atoms with E-state index in [1.165, 1.54) is 19.2 Å². The first-order valence-electron chi connectivity index (χ1n) is 13.5. The van der Waals surface area contributed by atoms with Crippen LogP contribution >= 0.6 is 0 Å². The van der Waals surface area contributed by atoms with Gasteiger partial charge in [-0.1, -0.05) is 25.9 Å². The average molecular weight is 549 g/mol. The minimum atomic E-state index is -1.35. The molecule has 0 saturated carbocycles. The Morgan fingerprint density at radius 1 is 1.21 bits per heavy atom. The lowest BCUT2D eigenvalue weighted by atomic mass is 9.84. The molecule has 39 heavy (non-hydrogen) atoms. The van der Waals surface area contributed by atoms with E-state index >= 15 is 0 Å². The number of piperidine rings is 1. The van der Waals surface area contributed by atoms with E-state index in [0.717, 1.165) is 38.2 Å². The highest BCUT2D eigenvalue weighted by Crippen LogP contribution is 2.30. The summed E-state index contributed by atoms with van der Waals surface area (Å²) in [6.07, 6.45) is 2.00. The van der Waals surface area contributed by atoms with Crippen LogP contribution in [-0.4, -0.2) is 54.6 Å². The second kappa shape index (κ2) is 13.1. The molecule has 2 aromatic rings. The van der Waals surface area contributed by atoms with E-state index in [2.05, 4.69) is 27.3 Å². The van der Waals surface area contributed by atoms with E-state index in [1.807, 2.05) is 13.8 Å². The number of hydrogen-bond donors (Lipinski definition) is 1. The van der Waals surface area contributed by atoms with Gasteiger partial charge in [0, 0.05) is 30.6 Å². The molecule has 216 valence electrons. The van der Waals surface area contributed by atoms with E-state index in [9.17, 15) is 14.0 Å². The maximum absolute atomic E-state index is 15.0. The molecule has 1 fully saturated rings. The third kappa shape index (κ3) is 8.56. The molecule has 2 heterocycles. The van der Waals surface area contributed by atoms with Gasteiger partial charge in [-0.3, -0.25) is 0 Å². The zero-order valence-electron chi connectivity index (χ0n) is 24.0. The summed E-state index contributed by atoms with van der Waals surface area (Å²) in [4.78, 5) is 31.1. The minimum Gasteiger partial charge on any atom is -0.493 e. The standard InChI is InChI=1S/C28H41FN4O6/c1-17(2)24-31-26(39-32-24)33-13-10-19(11-14-33)18(3)12-15-37-20-8-9-21(22(29)16-20)23(25(34)36-7)30-27(35)38-28(4,5)6/h8-9,16-19,23H,10-15H2,1-7H3,(H,30,35)/t18-,23?/m1/s1. The molecule has 1 aliphatic heterocycles. The molecule has 0 aliphatic carbocycles. The van der Waals surface area contributed by atoms with E-state index in [1.54, 1.807) is 26.8 Å². The van der Waals surface area contributed by atoms with E-state index in [0.29, 0.717) is 30.2 Å². The summed E-state index contributed by atoms with van der Waals surface area (Å²) < 4.78 is 36.2. The first-order valence-corrected chi connectivity index (χ1v) is 13.5. The fourth-order valence-electron chi connectivity index (χ4n) is 4.49.